The zero-order valence-electron chi connectivity index (χ0n) is 20.4. The summed E-state index contributed by atoms with van der Waals surface area (Å²) >= 11 is 0. The number of ketones is 1. The predicted octanol–water partition coefficient (Wildman–Crippen LogP) is 8.88. The first kappa shape index (κ1) is 29.1. The van der Waals surface area contributed by atoms with Crippen LogP contribution >= 0.6 is 0 Å². The summed E-state index contributed by atoms with van der Waals surface area (Å²) in [4.78, 5) is 22.6. The smallest absolute Gasteiger partial charge is 0.306 e. The van der Waals surface area contributed by atoms with E-state index in [1.807, 2.05) is 0 Å². The van der Waals surface area contributed by atoms with Crippen LogP contribution in [0.15, 0.2) is 0 Å². The number of carbonyl (C=O) groups is 2. The normalized spacial score (nSPS) is 12.2. The summed E-state index contributed by atoms with van der Waals surface area (Å²) < 4.78 is 0. The van der Waals surface area contributed by atoms with E-state index >= 15 is 0 Å². The summed E-state index contributed by atoms with van der Waals surface area (Å²) in [6.07, 6.45) is 26.9. The lowest BCUT2D eigenvalue weighted by atomic mass is 10.0. The Bertz CT molecular complexity index is 392. The number of unbranched alkanes of at least 4 members (excludes halogenated alkanes) is 17. The summed E-state index contributed by atoms with van der Waals surface area (Å²) in [5, 5.41) is 8.84. The number of Topliss-reactive ketones (excluding diaryl/α,β-unsaturated/α-hetero) is 1. The maximum Gasteiger partial charge on any atom is 0.306 e. The van der Waals surface area contributed by atoms with Crippen LogP contribution in [0.4, 0.5) is 0 Å². The number of hydrogen-bond acceptors (Lipinski definition) is 2. The summed E-state index contributed by atoms with van der Waals surface area (Å²) in [5.74, 6) is -0.658. The lowest BCUT2D eigenvalue weighted by molar-refractivity contribution is -0.141. The quantitative estimate of drug-likeness (QED) is 0.157. The molecule has 0 rings (SSSR count). The van der Waals surface area contributed by atoms with Gasteiger partial charge in [-0.1, -0.05) is 123 Å². The SMILES string of the molecule is CCCCCCCCCCCCCCCCCCCC(=O)CCCC[C@@H](C)C(=O)O. The van der Waals surface area contributed by atoms with Crippen LogP contribution in [0.3, 0.4) is 0 Å². The van der Waals surface area contributed by atoms with Gasteiger partial charge >= 0.3 is 5.97 Å². The first-order chi connectivity index (χ1) is 14.6. The van der Waals surface area contributed by atoms with Gasteiger partial charge in [0.25, 0.3) is 0 Å². The van der Waals surface area contributed by atoms with Crippen molar-refractivity contribution in [3.63, 3.8) is 0 Å². The molecule has 0 fully saturated rings. The van der Waals surface area contributed by atoms with E-state index in [0.29, 0.717) is 25.0 Å². The maximum atomic E-state index is 11.9. The Morgan fingerprint density at radius 1 is 0.567 bits per heavy atom. The van der Waals surface area contributed by atoms with E-state index < -0.39 is 5.97 Å². The Hall–Kier alpha value is -0.860. The van der Waals surface area contributed by atoms with Gasteiger partial charge in [0.15, 0.2) is 0 Å². The molecule has 0 aromatic rings. The van der Waals surface area contributed by atoms with Gasteiger partial charge in [-0.05, 0) is 19.3 Å². The van der Waals surface area contributed by atoms with Crippen molar-refractivity contribution >= 4 is 11.8 Å². The second-order valence-corrected chi connectivity index (χ2v) is 9.43. The summed E-state index contributed by atoms with van der Waals surface area (Å²) in [7, 11) is 0. The van der Waals surface area contributed by atoms with Crippen molar-refractivity contribution in [2.75, 3.05) is 0 Å². The van der Waals surface area contributed by atoms with E-state index in [9.17, 15) is 9.59 Å². The number of carbonyl (C=O) groups excluding carboxylic acids is 1. The molecule has 0 spiro atoms. The molecule has 0 saturated carbocycles. The number of carboxylic acids is 1. The van der Waals surface area contributed by atoms with Gasteiger partial charge in [0.05, 0.1) is 5.92 Å². The molecular formula is C27H52O3. The molecule has 0 aromatic heterocycles. The molecule has 0 radical (unpaired) electrons. The van der Waals surface area contributed by atoms with Crippen LogP contribution < -0.4 is 0 Å². The third kappa shape index (κ3) is 21.8. The van der Waals surface area contributed by atoms with Crippen LogP contribution in [-0.2, 0) is 9.59 Å². The van der Waals surface area contributed by atoms with E-state index in [-0.39, 0.29) is 5.92 Å². The van der Waals surface area contributed by atoms with Crippen molar-refractivity contribution in [1.29, 1.82) is 0 Å². The van der Waals surface area contributed by atoms with Crippen molar-refractivity contribution in [3.05, 3.63) is 0 Å². The third-order valence-corrected chi connectivity index (χ3v) is 6.32. The predicted molar refractivity (Wildman–Crippen MR) is 129 cm³/mol. The molecule has 3 nitrogen and oxygen atoms in total. The number of hydrogen-bond donors (Lipinski definition) is 1. The Morgan fingerprint density at radius 2 is 0.900 bits per heavy atom. The van der Waals surface area contributed by atoms with Crippen LogP contribution in [0.25, 0.3) is 0 Å². The molecule has 1 N–H and O–H groups in total. The number of carboxylic acid groups (broad SMARTS) is 1. The van der Waals surface area contributed by atoms with E-state index in [1.54, 1.807) is 6.92 Å². The monoisotopic (exact) mass is 424 g/mol. The largest absolute Gasteiger partial charge is 0.481 e. The molecule has 0 amide bonds. The van der Waals surface area contributed by atoms with Gasteiger partial charge in [0, 0.05) is 12.8 Å². The molecular weight excluding hydrogens is 372 g/mol. The minimum absolute atomic E-state index is 0.287. The van der Waals surface area contributed by atoms with Crippen LogP contribution in [0.2, 0.25) is 0 Å². The lowest BCUT2D eigenvalue weighted by Gasteiger charge is -2.05. The van der Waals surface area contributed by atoms with Crippen molar-refractivity contribution in [2.45, 2.75) is 155 Å². The van der Waals surface area contributed by atoms with E-state index in [0.717, 1.165) is 19.3 Å². The van der Waals surface area contributed by atoms with E-state index in [1.165, 1.54) is 103 Å². The number of aliphatic carboxylic acids is 1. The average Bonchev–Trinajstić information content (AvgIpc) is 2.73. The average molecular weight is 425 g/mol. The van der Waals surface area contributed by atoms with Crippen molar-refractivity contribution < 1.29 is 14.7 Å². The lowest BCUT2D eigenvalue weighted by Crippen LogP contribution is -2.09. The fraction of sp³-hybridized carbons (Fsp3) is 0.926. The van der Waals surface area contributed by atoms with E-state index in [4.69, 9.17) is 5.11 Å². The molecule has 0 heterocycles. The minimum Gasteiger partial charge on any atom is -0.481 e. The zero-order chi connectivity index (χ0) is 22.3. The van der Waals surface area contributed by atoms with Gasteiger partial charge in [-0.25, -0.2) is 0 Å². The Labute approximate surface area is 187 Å². The van der Waals surface area contributed by atoms with Gasteiger partial charge in [0.1, 0.15) is 5.78 Å². The van der Waals surface area contributed by atoms with Crippen LogP contribution in [0.5, 0.6) is 0 Å². The Morgan fingerprint density at radius 3 is 1.27 bits per heavy atom. The Kier molecular flexibility index (Phi) is 22.2. The number of rotatable bonds is 24. The first-order valence-electron chi connectivity index (χ1n) is 13.3. The van der Waals surface area contributed by atoms with Crippen LogP contribution in [-0.4, -0.2) is 16.9 Å². The second-order valence-electron chi connectivity index (χ2n) is 9.43. The molecule has 0 unspecified atom stereocenters. The van der Waals surface area contributed by atoms with Gasteiger partial charge in [-0.3, -0.25) is 9.59 Å². The highest BCUT2D eigenvalue weighted by Crippen LogP contribution is 2.15. The minimum atomic E-state index is -0.732. The summed E-state index contributed by atoms with van der Waals surface area (Å²) in [6.45, 7) is 4.02. The highest BCUT2D eigenvalue weighted by Gasteiger charge is 2.10. The molecule has 0 aliphatic heterocycles. The van der Waals surface area contributed by atoms with Crippen molar-refractivity contribution in [1.82, 2.24) is 0 Å². The molecule has 3 heteroatoms. The van der Waals surface area contributed by atoms with Gasteiger partial charge < -0.3 is 5.11 Å². The molecule has 0 aliphatic rings. The van der Waals surface area contributed by atoms with Gasteiger partial charge in [-0.15, -0.1) is 0 Å². The highest BCUT2D eigenvalue weighted by atomic mass is 16.4. The first-order valence-corrected chi connectivity index (χ1v) is 13.3. The topological polar surface area (TPSA) is 54.4 Å². The standard InChI is InChI=1S/C27H52O3/c1-3-4-5-6-7-8-9-10-11-12-13-14-15-16-17-18-19-23-26(28)24-21-20-22-25(2)27(29)30/h25H,3-24H2,1-2H3,(H,29,30)/t25-/m1/s1. The maximum absolute atomic E-state index is 11.9. The van der Waals surface area contributed by atoms with Crippen LogP contribution in [0, 0.1) is 5.92 Å². The molecule has 1 atom stereocenters. The molecule has 0 bridgehead atoms. The molecule has 0 saturated heterocycles. The molecule has 0 aromatic carbocycles. The van der Waals surface area contributed by atoms with Crippen LogP contribution in [0.1, 0.15) is 155 Å². The molecule has 0 aliphatic carbocycles. The highest BCUT2D eigenvalue weighted by molar-refractivity contribution is 5.78. The fourth-order valence-electron chi connectivity index (χ4n) is 4.07. The third-order valence-electron chi connectivity index (χ3n) is 6.32. The van der Waals surface area contributed by atoms with Gasteiger partial charge in [0.2, 0.25) is 0 Å². The summed E-state index contributed by atoms with van der Waals surface area (Å²) in [6, 6.07) is 0. The molecule has 178 valence electrons. The Balaban J connectivity index is 3.18. The fourth-order valence-corrected chi connectivity index (χ4v) is 4.07. The summed E-state index contributed by atoms with van der Waals surface area (Å²) in [5.41, 5.74) is 0. The van der Waals surface area contributed by atoms with Crippen molar-refractivity contribution in [3.8, 4) is 0 Å². The zero-order valence-corrected chi connectivity index (χ0v) is 20.4. The van der Waals surface area contributed by atoms with E-state index in [2.05, 4.69) is 6.92 Å². The molecule has 30 heavy (non-hydrogen) atoms. The van der Waals surface area contributed by atoms with Crippen molar-refractivity contribution in [2.24, 2.45) is 5.92 Å². The second kappa shape index (κ2) is 22.8. The van der Waals surface area contributed by atoms with Gasteiger partial charge in [-0.2, -0.15) is 0 Å².